The van der Waals surface area contributed by atoms with E-state index in [1.54, 1.807) is 0 Å². The van der Waals surface area contributed by atoms with Gasteiger partial charge in [-0.1, -0.05) is 36.8 Å². The monoisotopic (exact) mass is 211 g/mol. The van der Waals surface area contributed by atoms with Crippen LogP contribution in [0.5, 0.6) is 0 Å². The lowest BCUT2D eigenvalue weighted by molar-refractivity contribution is 0.313. The van der Waals surface area contributed by atoms with Crippen molar-refractivity contribution in [1.29, 1.82) is 0 Å². The van der Waals surface area contributed by atoms with E-state index in [0.717, 1.165) is 6.42 Å². The highest BCUT2D eigenvalue weighted by molar-refractivity contribution is 5.81. The quantitative estimate of drug-likeness (QED) is 0.625. The maximum atomic E-state index is 4.65. The molecule has 1 nitrogen and oxygen atoms in total. The Balaban J connectivity index is 2.29. The van der Waals surface area contributed by atoms with Crippen LogP contribution in [0.4, 0.5) is 0 Å². The molecule has 1 heterocycles. The molecule has 0 saturated carbocycles. The van der Waals surface area contributed by atoms with Crippen molar-refractivity contribution < 1.29 is 0 Å². The molecule has 1 heteroatoms. The molecule has 1 unspecified atom stereocenters. The van der Waals surface area contributed by atoms with E-state index in [1.165, 1.54) is 16.8 Å². The summed E-state index contributed by atoms with van der Waals surface area (Å²) in [5.74, 6) is 0. The molecule has 0 saturated heterocycles. The van der Waals surface area contributed by atoms with Crippen molar-refractivity contribution in [3.05, 3.63) is 47.2 Å². The third-order valence-electron chi connectivity index (χ3n) is 4.49. The number of allylic oxidation sites excluding steroid dienone is 7. The van der Waals surface area contributed by atoms with Crippen molar-refractivity contribution in [2.45, 2.75) is 27.2 Å². The molecule has 0 radical (unpaired) electrons. The maximum Gasteiger partial charge on any atom is 0.0515 e. The van der Waals surface area contributed by atoms with Gasteiger partial charge in [0, 0.05) is 17.0 Å². The molecule has 0 aromatic carbocycles. The topological polar surface area (TPSA) is 12.4 Å². The first-order chi connectivity index (χ1) is 7.62. The molecule has 0 aromatic heterocycles. The standard InChI is InChI=1S/C15H17N/c1-4-15-8-7-12-9-11(2)5-6-13(16-10-15)14(12,15)3/h5-10H,4H2,1-3H3/t14-,15?/m0/s1. The summed E-state index contributed by atoms with van der Waals surface area (Å²) in [7, 11) is 0. The second-order valence-corrected chi connectivity index (χ2v) is 5.17. The second-order valence-electron chi connectivity index (χ2n) is 5.17. The predicted octanol–water partition coefficient (Wildman–Crippen LogP) is 3.81. The van der Waals surface area contributed by atoms with Crippen LogP contribution in [-0.2, 0) is 0 Å². The predicted molar refractivity (Wildman–Crippen MR) is 68.4 cm³/mol. The van der Waals surface area contributed by atoms with E-state index in [4.69, 9.17) is 0 Å². The average molecular weight is 211 g/mol. The highest BCUT2D eigenvalue weighted by Crippen LogP contribution is 2.61. The number of nitrogens with zero attached hydrogens (tertiary/aromatic N) is 1. The fourth-order valence-electron chi connectivity index (χ4n) is 3.18. The van der Waals surface area contributed by atoms with Gasteiger partial charge in [-0.3, -0.25) is 4.99 Å². The van der Waals surface area contributed by atoms with E-state index in [2.05, 4.69) is 62.4 Å². The van der Waals surface area contributed by atoms with Gasteiger partial charge in [-0.2, -0.15) is 0 Å². The van der Waals surface area contributed by atoms with E-state index in [1.807, 2.05) is 0 Å². The summed E-state index contributed by atoms with van der Waals surface area (Å²) in [4.78, 5) is 4.65. The molecule has 2 atom stereocenters. The Morgan fingerprint density at radius 1 is 1.31 bits per heavy atom. The molecule has 82 valence electrons. The van der Waals surface area contributed by atoms with Gasteiger partial charge in [0.1, 0.15) is 0 Å². The lowest BCUT2D eigenvalue weighted by Gasteiger charge is -2.36. The van der Waals surface area contributed by atoms with Crippen molar-refractivity contribution in [3.63, 3.8) is 0 Å². The zero-order chi connectivity index (χ0) is 11.4. The molecule has 0 amide bonds. The van der Waals surface area contributed by atoms with Crippen molar-refractivity contribution >= 4 is 6.21 Å². The van der Waals surface area contributed by atoms with Crippen LogP contribution in [0.15, 0.2) is 52.2 Å². The lowest BCUT2D eigenvalue weighted by atomic mass is 9.64. The van der Waals surface area contributed by atoms with Crippen molar-refractivity contribution in [3.8, 4) is 0 Å². The largest absolute Gasteiger partial charge is 0.264 e. The van der Waals surface area contributed by atoms with Gasteiger partial charge in [-0.05, 0) is 31.9 Å². The van der Waals surface area contributed by atoms with E-state index in [0.29, 0.717) is 0 Å². The van der Waals surface area contributed by atoms with Crippen LogP contribution in [0.2, 0.25) is 0 Å². The molecule has 16 heavy (non-hydrogen) atoms. The first-order valence-corrected chi connectivity index (χ1v) is 5.98. The fourth-order valence-corrected chi connectivity index (χ4v) is 3.18. The van der Waals surface area contributed by atoms with Crippen molar-refractivity contribution in [2.75, 3.05) is 0 Å². The van der Waals surface area contributed by atoms with Crippen molar-refractivity contribution in [1.82, 2.24) is 0 Å². The SMILES string of the molecule is CCC12C=CC3=CC(C)=CC=C(N=C1)[C@]32C. The van der Waals surface area contributed by atoms with Crippen LogP contribution in [0.25, 0.3) is 0 Å². The van der Waals surface area contributed by atoms with Gasteiger partial charge in [0.25, 0.3) is 0 Å². The van der Waals surface area contributed by atoms with Crippen LogP contribution in [-0.4, -0.2) is 6.21 Å². The Kier molecular flexibility index (Phi) is 1.75. The van der Waals surface area contributed by atoms with Gasteiger partial charge in [0.2, 0.25) is 0 Å². The van der Waals surface area contributed by atoms with Gasteiger partial charge in [0.15, 0.2) is 0 Å². The van der Waals surface area contributed by atoms with E-state index in [-0.39, 0.29) is 10.8 Å². The number of hydrogen-bond donors (Lipinski definition) is 0. The van der Waals surface area contributed by atoms with Gasteiger partial charge in [0.05, 0.1) is 5.70 Å². The van der Waals surface area contributed by atoms with Crippen LogP contribution in [0.1, 0.15) is 27.2 Å². The molecule has 2 aliphatic carbocycles. The normalized spacial score (nSPS) is 39.1. The molecule has 0 aromatic rings. The second kappa shape index (κ2) is 2.85. The summed E-state index contributed by atoms with van der Waals surface area (Å²) in [6, 6.07) is 0. The minimum absolute atomic E-state index is 0.0655. The summed E-state index contributed by atoms with van der Waals surface area (Å²) in [6.07, 6.45) is 14.5. The van der Waals surface area contributed by atoms with Gasteiger partial charge in [-0.15, -0.1) is 0 Å². The van der Waals surface area contributed by atoms with Crippen LogP contribution < -0.4 is 0 Å². The Morgan fingerprint density at radius 3 is 2.88 bits per heavy atom. The fraction of sp³-hybridized carbons (Fsp3) is 0.400. The highest BCUT2D eigenvalue weighted by Gasteiger charge is 2.55. The Hall–Kier alpha value is -1.37. The summed E-state index contributed by atoms with van der Waals surface area (Å²) >= 11 is 0. The third-order valence-corrected chi connectivity index (χ3v) is 4.49. The Morgan fingerprint density at radius 2 is 2.12 bits per heavy atom. The van der Waals surface area contributed by atoms with E-state index in [9.17, 15) is 0 Å². The summed E-state index contributed by atoms with van der Waals surface area (Å²) in [5.41, 5.74) is 4.11. The molecule has 1 aliphatic heterocycles. The molecular weight excluding hydrogens is 194 g/mol. The molecular formula is C15H17N. The minimum Gasteiger partial charge on any atom is -0.264 e. The number of rotatable bonds is 1. The zero-order valence-electron chi connectivity index (χ0n) is 10.1. The number of hydrogen-bond acceptors (Lipinski definition) is 1. The maximum absolute atomic E-state index is 4.65. The van der Waals surface area contributed by atoms with Gasteiger partial charge < -0.3 is 0 Å². The molecule has 3 aliphatic rings. The summed E-state index contributed by atoms with van der Waals surface area (Å²) in [6.45, 7) is 6.73. The van der Waals surface area contributed by atoms with Gasteiger partial charge in [-0.25, -0.2) is 0 Å². The highest BCUT2D eigenvalue weighted by atomic mass is 14.9. The van der Waals surface area contributed by atoms with Crippen LogP contribution in [0, 0.1) is 10.8 Å². The summed E-state index contributed by atoms with van der Waals surface area (Å²) < 4.78 is 0. The first kappa shape index (κ1) is 9.83. The number of aliphatic imine (C=N–C) groups is 1. The van der Waals surface area contributed by atoms with E-state index < -0.39 is 0 Å². The summed E-state index contributed by atoms with van der Waals surface area (Å²) in [5, 5.41) is 0. The average Bonchev–Trinajstić information content (AvgIpc) is 2.63. The molecule has 0 spiro atoms. The Labute approximate surface area is 97.0 Å². The van der Waals surface area contributed by atoms with Gasteiger partial charge >= 0.3 is 0 Å². The zero-order valence-corrected chi connectivity index (χ0v) is 10.1. The lowest BCUT2D eigenvalue weighted by Crippen LogP contribution is -2.34. The molecule has 0 fully saturated rings. The first-order valence-electron chi connectivity index (χ1n) is 5.98. The Bertz CT molecular complexity index is 502. The minimum atomic E-state index is 0.0655. The smallest absolute Gasteiger partial charge is 0.0515 e. The molecule has 0 N–H and O–H groups in total. The third kappa shape index (κ3) is 0.897. The van der Waals surface area contributed by atoms with E-state index >= 15 is 0 Å². The van der Waals surface area contributed by atoms with Crippen molar-refractivity contribution in [2.24, 2.45) is 15.8 Å². The van der Waals surface area contributed by atoms with Crippen LogP contribution in [0.3, 0.4) is 0 Å². The molecule has 0 bridgehead atoms. The molecule has 3 rings (SSSR count). The van der Waals surface area contributed by atoms with Crippen LogP contribution >= 0.6 is 0 Å².